The molecule has 0 aliphatic carbocycles. The number of para-hydroxylation sites is 1. The summed E-state index contributed by atoms with van der Waals surface area (Å²) in [4.78, 5) is 13.2. The van der Waals surface area contributed by atoms with Crippen molar-refractivity contribution >= 4 is 42.5 Å². The zero-order valence-electron chi connectivity index (χ0n) is 29.1. The van der Waals surface area contributed by atoms with Crippen LogP contribution in [0, 0.1) is 11.5 Å². The molecular formula is C39H43N5O5SSi. The Balaban J connectivity index is 1.48. The molecule has 0 radical (unpaired) electrons. The van der Waals surface area contributed by atoms with E-state index in [4.69, 9.17) is 41.6 Å². The Labute approximate surface area is 305 Å². The summed E-state index contributed by atoms with van der Waals surface area (Å²) >= 11 is 5.72. The predicted molar refractivity (Wildman–Crippen MR) is 203 cm³/mol. The number of anilines is 1. The molecule has 12 heteroatoms. The molecule has 2 aromatic heterocycles. The van der Waals surface area contributed by atoms with Crippen LogP contribution in [0.25, 0.3) is 11.2 Å². The molecule has 1 aliphatic heterocycles. The second-order valence-corrected chi connectivity index (χ2v) is 17.8. The summed E-state index contributed by atoms with van der Waals surface area (Å²) in [6.45, 7) is 7.36. The van der Waals surface area contributed by atoms with Gasteiger partial charge in [0.2, 0.25) is 0 Å². The average Bonchev–Trinajstić information content (AvgIpc) is 3.72. The van der Waals surface area contributed by atoms with Gasteiger partial charge in [-0.1, -0.05) is 106 Å². The number of hydrogen-bond donors (Lipinski definition) is 1. The number of benzene rings is 3. The van der Waals surface area contributed by atoms with Gasteiger partial charge in [0.25, 0.3) is 0 Å². The Hall–Kier alpha value is -4.64. The zero-order chi connectivity index (χ0) is 35.7. The third kappa shape index (κ3) is 8.30. The van der Waals surface area contributed by atoms with E-state index < -0.39 is 32.1 Å². The number of aromatic nitrogens is 4. The van der Waals surface area contributed by atoms with Crippen molar-refractivity contribution in [2.75, 3.05) is 12.3 Å². The zero-order valence-corrected chi connectivity index (χ0v) is 30.9. The lowest BCUT2D eigenvalue weighted by Gasteiger charge is -2.31. The Morgan fingerprint density at radius 3 is 2.16 bits per heavy atom. The molecule has 3 aromatic carbocycles. The summed E-state index contributed by atoms with van der Waals surface area (Å²) in [6.07, 6.45) is 0.445. The normalized spacial score (nSPS) is 20.1. The number of rotatable bonds is 13. The van der Waals surface area contributed by atoms with Crippen LogP contribution in [0.1, 0.15) is 38.1 Å². The van der Waals surface area contributed by atoms with Gasteiger partial charge >= 0.3 is 5.24 Å². The van der Waals surface area contributed by atoms with E-state index >= 15 is 0 Å². The van der Waals surface area contributed by atoms with Crippen molar-refractivity contribution in [1.82, 2.24) is 19.5 Å². The van der Waals surface area contributed by atoms with Crippen molar-refractivity contribution in [1.29, 1.82) is 0 Å². The van der Waals surface area contributed by atoms with Crippen molar-refractivity contribution in [2.45, 2.75) is 76.2 Å². The summed E-state index contributed by atoms with van der Waals surface area (Å²) in [6, 6.07) is 32.2. The van der Waals surface area contributed by atoms with Crippen LogP contribution in [0.15, 0.2) is 104 Å². The van der Waals surface area contributed by atoms with E-state index in [1.807, 2.05) is 91.0 Å². The third-order valence-corrected chi connectivity index (χ3v) is 14.4. The molecule has 0 amide bonds. The van der Waals surface area contributed by atoms with Gasteiger partial charge in [-0.25, -0.2) is 15.0 Å². The number of fused-ring (bicyclic) bond motifs is 1. The summed E-state index contributed by atoms with van der Waals surface area (Å²) < 4.78 is 34.9. The van der Waals surface area contributed by atoms with Crippen LogP contribution >= 0.6 is 12.2 Å². The van der Waals surface area contributed by atoms with Crippen molar-refractivity contribution in [3.05, 3.63) is 115 Å². The standard InChI is InChI=1S/C39H43N5O5SSi/c1-4-51(5-2,6-3)23-22-39(26-45-24-29-16-10-7-11-17-29)34(46-25-30-18-12-8-13-19-30)33(48-38(50)47-31-20-14-9-15-21-31)37(49-39)44-28-43-32-35(40)41-27-42-36(32)44/h7-21,27-28,33-34,37H,4-6,24-26H2,1-3H3,(H2,40,41,42)/t33-,34+,37-,39-/m1/s1. The Kier molecular flexibility index (Phi) is 11.8. The molecule has 1 saturated heterocycles. The summed E-state index contributed by atoms with van der Waals surface area (Å²) in [5.41, 5.74) is 11.6. The predicted octanol–water partition coefficient (Wildman–Crippen LogP) is 7.28. The SMILES string of the molecule is CC[Si](C#C[C@]1(COCc2ccccc2)O[C@@H](n2cnc3c(N)ncnc32)[C@H](OC(=S)Oc2ccccc2)[C@@H]1OCc1ccccc1)(CC)CC. The molecule has 4 atom stereocenters. The van der Waals surface area contributed by atoms with E-state index in [-0.39, 0.29) is 24.3 Å². The fourth-order valence-electron chi connectivity index (χ4n) is 6.27. The molecule has 0 bridgehead atoms. The van der Waals surface area contributed by atoms with E-state index in [1.54, 1.807) is 10.9 Å². The number of hydrogen-bond acceptors (Lipinski definition) is 10. The van der Waals surface area contributed by atoms with Gasteiger partial charge < -0.3 is 29.4 Å². The number of nitrogen functional groups attached to an aromatic ring is 1. The van der Waals surface area contributed by atoms with Gasteiger partial charge in [0.05, 0.1) is 26.1 Å². The monoisotopic (exact) mass is 721 g/mol. The van der Waals surface area contributed by atoms with Crippen LogP contribution < -0.4 is 10.5 Å². The van der Waals surface area contributed by atoms with Crippen molar-refractivity contribution in [2.24, 2.45) is 0 Å². The molecule has 5 aromatic rings. The van der Waals surface area contributed by atoms with Crippen LogP contribution in [-0.4, -0.2) is 57.2 Å². The minimum atomic E-state index is -2.00. The van der Waals surface area contributed by atoms with Gasteiger partial charge in [-0.15, -0.1) is 5.54 Å². The van der Waals surface area contributed by atoms with Crippen molar-refractivity contribution in [3.8, 4) is 17.2 Å². The van der Waals surface area contributed by atoms with Gasteiger partial charge in [-0.3, -0.25) is 4.57 Å². The number of imidazole rings is 1. The van der Waals surface area contributed by atoms with Crippen molar-refractivity contribution in [3.63, 3.8) is 0 Å². The Morgan fingerprint density at radius 2 is 1.51 bits per heavy atom. The first-order chi connectivity index (χ1) is 24.9. The maximum Gasteiger partial charge on any atom is 0.358 e. The lowest BCUT2D eigenvalue weighted by atomic mass is 9.96. The molecule has 10 nitrogen and oxygen atoms in total. The highest BCUT2D eigenvalue weighted by atomic mass is 32.1. The average molecular weight is 722 g/mol. The van der Waals surface area contributed by atoms with Gasteiger partial charge in [0.15, 0.2) is 29.4 Å². The largest absolute Gasteiger partial charge is 0.445 e. The molecule has 3 heterocycles. The van der Waals surface area contributed by atoms with E-state index in [1.165, 1.54) is 6.33 Å². The van der Waals surface area contributed by atoms with Gasteiger partial charge in [0.1, 0.15) is 31.8 Å². The molecule has 0 saturated carbocycles. The smallest absolute Gasteiger partial charge is 0.358 e. The number of nitrogens with two attached hydrogens (primary N) is 1. The Morgan fingerprint density at radius 1 is 0.882 bits per heavy atom. The molecule has 51 heavy (non-hydrogen) atoms. The molecule has 1 aliphatic rings. The highest BCUT2D eigenvalue weighted by Crippen LogP contribution is 2.43. The first kappa shape index (κ1) is 36.2. The van der Waals surface area contributed by atoms with E-state index in [0.717, 1.165) is 29.3 Å². The number of ether oxygens (including phenoxy) is 5. The van der Waals surface area contributed by atoms with Crippen LogP contribution in [0.5, 0.6) is 5.75 Å². The number of thiocarbonyl (C=S) groups is 1. The molecule has 2 N–H and O–H groups in total. The van der Waals surface area contributed by atoms with Gasteiger partial charge in [-0.05, 0) is 41.4 Å². The second-order valence-electron chi connectivity index (χ2n) is 12.5. The fourth-order valence-corrected chi connectivity index (χ4v) is 8.98. The highest BCUT2D eigenvalue weighted by Gasteiger charge is 2.59. The highest BCUT2D eigenvalue weighted by molar-refractivity contribution is 7.79. The molecule has 0 spiro atoms. The quantitative estimate of drug-likeness (QED) is 0.0756. The summed E-state index contributed by atoms with van der Waals surface area (Å²) in [7, 11) is -2.00. The van der Waals surface area contributed by atoms with Crippen LogP contribution in [-0.2, 0) is 32.2 Å². The minimum absolute atomic E-state index is 0.0857. The molecule has 6 rings (SSSR count). The molecule has 264 valence electrons. The van der Waals surface area contributed by atoms with Gasteiger partial charge in [0, 0.05) is 12.2 Å². The maximum atomic E-state index is 7.15. The molecular weight excluding hydrogens is 679 g/mol. The lowest BCUT2D eigenvalue weighted by molar-refractivity contribution is -0.123. The maximum absolute atomic E-state index is 7.15. The topological polar surface area (TPSA) is 116 Å². The Bertz CT molecular complexity index is 1940. The first-order valence-electron chi connectivity index (χ1n) is 17.2. The summed E-state index contributed by atoms with van der Waals surface area (Å²) in [5.74, 6) is 4.43. The van der Waals surface area contributed by atoms with E-state index in [9.17, 15) is 0 Å². The van der Waals surface area contributed by atoms with E-state index in [2.05, 4.69) is 47.2 Å². The minimum Gasteiger partial charge on any atom is -0.445 e. The lowest BCUT2D eigenvalue weighted by Crippen LogP contribution is -2.49. The van der Waals surface area contributed by atoms with Crippen molar-refractivity contribution < 1.29 is 23.7 Å². The summed E-state index contributed by atoms with van der Waals surface area (Å²) in [5, 5.41) is -0.0972. The molecule has 1 fully saturated rings. The van der Waals surface area contributed by atoms with E-state index in [0.29, 0.717) is 23.5 Å². The second kappa shape index (κ2) is 16.6. The third-order valence-electron chi connectivity index (χ3n) is 9.48. The fraction of sp³-hybridized carbons (Fsp3) is 0.333. The van der Waals surface area contributed by atoms with Gasteiger partial charge in [-0.2, -0.15) is 0 Å². The van der Waals surface area contributed by atoms with Crippen LogP contribution in [0.4, 0.5) is 5.82 Å². The molecule has 0 unspecified atom stereocenters. The number of nitrogens with zero attached hydrogens (tertiary/aromatic N) is 4. The van der Waals surface area contributed by atoms with Crippen LogP contribution in [0.2, 0.25) is 18.1 Å². The van der Waals surface area contributed by atoms with Crippen LogP contribution in [0.3, 0.4) is 0 Å². The first-order valence-corrected chi connectivity index (χ1v) is 20.3.